The van der Waals surface area contributed by atoms with E-state index in [1.165, 1.54) is 21.7 Å². The fourth-order valence-electron chi connectivity index (χ4n) is 2.74. The SMILES string of the molecule is CC(C)n1nnnc1-c1ccc(NC(=O)CN2CCCC2=O)cc1F. The Labute approximate surface area is 144 Å². The van der Waals surface area contributed by atoms with Crippen LogP contribution in [0.1, 0.15) is 32.7 Å². The first-order valence-corrected chi connectivity index (χ1v) is 8.11. The molecule has 1 saturated heterocycles. The monoisotopic (exact) mass is 346 g/mol. The molecule has 0 bridgehead atoms. The molecule has 132 valence electrons. The first-order chi connectivity index (χ1) is 12.0. The van der Waals surface area contributed by atoms with Gasteiger partial charge < -0.3 is 10.2 Å². The minimum absolute atomic E-state index is 0.0122. The number of halogens is 1. The highest BCUT2D eigenvalue weighted by atomic mass is 19.1. The third kappa shape index (κ3) is 3.65. The molecule has 1 aromatic carbocycles. The van der Waals surface area contributed by atoms with Gasteiger partial charge in [0.05, 0.1) is 18.2 Å². The lowest BCUT2D eigenvalue weighted by Crippen LogP contribution is -2.33. The van der Waals surface area contributed by atoms with Crippen LogP contribution in [0.2, 0.25) is 0 Å². The second kappa shape index (κ2) is 6.96. The predicted molar refractivity (Wildman–Crippen MR) is 88.0 cm³/mol. The summed E-state index contributed by atoms with van der Waals surface area (Å²) in [6, 6.07) is 4.32. The van der Waals surface area contributed by atoms with E-state index in [4.69, 9.17) is 0 Å². The summed E-state index contributed by atoms with van der Waals surface area (Å²) in [6.45, 7) is 4.35. The molecule has 1 aliphatic heterocycles. The number of nitrogens with one attached hydrogen (secondary N) is 1. The second-order valence-corrected chi connectivity index (χ2v) is 6.20. The van der Waals surface area contributed by atoms with Crippen LogP contribution in [0, 0.1) is 5.82 Å². The number of anilines is 1. The average Bonchev–Trinajstić information content (AvgIpc) is 3.17. The van der Waals surface area contributed by atoms with Crippen LogP contribution in [-0.2, 0) is 9.59 Å². The Kier molecular flexibility index (Phi) is 4.73. The number of carbonyl (C=O) groups excluding carboxylic acids is 2. The number of tetrazole rings is 1. The van der Waals surface area contributed by atoms with E-state index in [0.29, 0.717) is 24.5 Å². The van der Waals surface area contributed by atoms with Crippen molar-refractivity contribution in [3.05, 3.63) is 24.0 Å². The molecule has 8 nitrogen and oxygen atoms in total. The van der Waals surface area contributed by atoms with Gasteiger partial charge in [0.25, 0.3) is 0 Å². The zero-order valence-corrected chi connectivity index (χ0v) is 14.1. The molecule has 1 N–H and O–H groups in total. The van der Waals surface area contributed by atoms with Crippen molar-refractivity contribution in [3.8, 4) is 11.4 Å². The maximum Gasteiger partial charge on any atom is 0.243 e. The van der Waals surface area contributed by atoms with Crippen LogP contribution in [0.5, 0.6) is 0 Å². The summed E-state index contributed by atoms with van der Waals surface area (Å²) in [4.78, 5) is 25.1. The molecule has 0 atom stereocenters. The minimum atomic E-state index is -0.535. The van der Waals surface area contributed by atoms with Gasteiger partial charge in [0.15, 0.2) is 5.82 Å². The Morgan fingerprint density at radius 1 is 1.40 bits per heavy atom. The summed E-state index contributed by atoms with van der Waals surface area (Å²) in [6.07, 6.45) is 1.24. The van der Waals surface area contributed by atoms with Crippen molar-refractivity contribution in [2.75, 3.05) is 18.4 Å². The highest BCUT2D eigenvalue weighted by Gasteiger charge is 2.22. The van der Waals surface area contributed by atoms with Crippen molar-refractivity contribution in [3.63, 3.8) is 0 Å². The third-order valence-electron chi connectivity index (χ3n) is 3.98. The van der Waals surface area contributed by atoms with Gasteiger partial charge in [-0.1, -0.05) is 0 Å². The Bertz CT molecular complexity index is 804. The Morgan fingerprint density at radius 2 is 2.20 bits per heavy atom. The maximum atomic E-state index is 14.4. The van der Waals surface area contributed by atoms with Gasteiger partial charge in [-0.05, 0) is 48.9 Å². The van der Waals surface area contributed by atoms with E-state index in [2.05, 4.69) is 20.8 Å². The quantitative estimate of drug-likeness (QED) is 0.888. The predicted octanol–water partition coefficient (Wildman–Crippen LogP) is 1.62. The molecule has 0 unspecified atom stereocenters. The normalized spacial score (nSPS) is 14.4. The number of rotatable bonds is 5. The van der Waals surface area contributed by atoms with Gasteiger partial charge in [0.2, 0.25) is 11.8 Å². The number of likely N-dealkylation sites (tertiary alicyclic amines) is 1. The number of carbonyl (C=O) groups is 2. The van der Waals surface area contributed by atoms with Crippen molar-refractivity contribution >= 4 is 17.5 Å². The molecule has 0 spiro atoms. The molecule has 3 rings (SSSR count). The lowest BCUT2D eigenvalue weighted by Gasteiger charge is -2.15. The molecule has 1 aromatic heterocycles. The van der Waals surface area contributed by atoms with E-state index >= 15 is 0 Å². The molecule has 0 saturated carbocycles. The fraction of sp³-hybridized carbons (Fsp3) is 0.438. The average molecular weight is 346 g/mol. The van der Waals surface area contributed by atoms with Gasteiger partial charge in [-0.25, -0.2) is 9.07 Å². The molecule has 2 aromatic rings. The Morgan fingerprint density at radius 3 is 2.84 bits per heavy atom. The zero-order chi connectivity index (χ0) is 18.0. The van der Waals surface area contributed by atoms with E-state index in [0.717, 1.165) is 6.42 Å². The second-order valence-electron chi connectivity index (χ2n) is 6.20. The topological polar surface area (TPSA) is 93.0 Å². The third-order valence-corrected chi connectivity index (χ3v) is 3.98. The van der Waals surface area contributed by atoms with Crippen LogP contribution in [-0.4, -0.2) is 50.0 Å². The van der Waals surface area contributed by atoms with Gasteiger partial charge in [-0.15, -0.1) is 5.10 Å². The van der Waals surface area contributed by atoms with E-state index in [1.807, 2.05) is 13.8 Å². The molecule has 2 heterocycles. The largest absolute Gasteiger partial charge is 0.333 e. The standard InChI is InChI=1S/C16H19FN6O2/c1-10(2)23-16(19-20-21-23)12-6-5-11(8-13(12)17)18-14(24)9-22-7-3-4-15(22)25/h5-6,8,10H,3-4,7,9H2,1-2H3,(H,18,24). The fourth-order valence-corrected chi connectivity index (χ4v) is 2.74. The summed E-state index contributed by atoms with van der Waals surface area (Å²) >= 11 is 0. The molecule has 2 amide bonds. The minimum Gasteiger partial charge on any atom is -0.333 e. The molecule has 9 heteroatoms. The van der Waals surface area contributed by atoms with Crippen molar-refractivity contribution in [1.82, 2.24) is 25.1 Å². The molecular weight excluding hydrogens is 327 g/mol. The molecule has 25 heavy (non-hydrogen) atoms. The summed E-state index contributed by atoms with van der Waals surface area (Å²) in [5.41, 5.74) is 0.577. The van der Waals surface area contributed by atoms with Crippen LogP contribution in [0.4, 0.5) is 10.1 Å². The highest BCUT2D eigenvalue weighted by molar-refractivity contribution is 5.95. The number of benzene rings is 1. The zero-order valence-electron chi connectivity index (χ0n) is 14.1. The summed E-state index contributed by atoms with van der Waals surface area (Å²) in [7, 11) is 0. The van der Waals surface area contributed by atoms with Crippen molar-refractivity contribution in [1.29, 1.82) is 0 Å². The summed E-state index contributed by atoms with van der Waals surface area (Å²) < 4.78 is 16.0. The molecular formula is C16H19FN6O2. The van der Waals surface area contributed by atoms with Crippen LogP contribution >= 0.6 is 0 Å². The van der Waals surface area contributed by atoms with Crippen LogP contribution in [0.25, 0.3) is 11.4 Å². The number of aromatic nitrogens is 4. The van der Waals surface area contributed by atoms with Crippen LogP contribution < -0.4 is 5.32 Å². The van der Waals surface area contributed by atoms with Crippen molar-refractivity contribution < 1.29 is 14.0 Å². The lowest BCUT2D eigenvalue weighted by molar-refractivity contribution is -0.131. The molecule has 1 fully saturated rings. The Balaban J connectivity index is 1.72. The smallest absolute Gasteiger partial charge is 0.243 e. The molecule has 0 aliphatic carbocycles. The number of nitrogens with zero attached hydrogens (tertiary/aromatic N) is 5. The number of amides is 2. The summed E-state index contributed by atoms with van der Waals surface area (Å²) in [5, 5.41) is 13.9. The van der Waals surface area contributed by atoms with Crippen molar-refractivity contribution in [2.24, 2.45) is 0 Å². The van der Waals surface area contributed by atoms with Gasteiger partial charge in [0.1, 0.15) is 5.82 Å². The Hall–Kier alpha value is -2.84. The number of hydrogen-bond acceptors (Lipinski definition) is 5. The van der Waals surface area contributed by atoms with Crippen LogP contribution in [0.3, 0.4) is 0 Å². The highest BCUT2D eigenvalue weighted by Crippen LogP contribution is 2.25. The number of hydrogen-bond donors (Lipinski definition) is 1. The van der Waals surface area contributed by atoms with Gasteiger partial charge in [0, 0.05) is 18.7 Å². The first-order valence-electron chi connectivity index (χ1n) is 8.11. The molecule has 1 aliphatic rings. The van der Waals surface area contributed by atoms with E-state index in [-0.39, 0.29) is 30.0 Å². The van der Waals surface area contributed by atoms with Crippen molar-refractivity contribution in [2.45, 2.75) is 32.7 Å². The van der Waals surface area contributed by atoms with Crippen LogP contribution in [0.15, 0.2) is 18.2 Å². The molecule has 0 radical (unpaired) electrons. The van der Waals surface area contributed by atoms with E-state index in [9.17, 15) is 14.0 Å². The summed E-state index contributed by atoms with van der Waals surface area (Å²) in [5.74, 6) is -0.591. The van der Waals surface area contributed by atoms with E-state index in [1.54, 1.807) is 6.07 Å². The maximum absolute atomic E-state index is 14.4. The van der Waals surface area contributed by atoms with Gasteiger partial charge >= 0.3 is 0 Å². The first kappa shape index (κ1) is 17.0. The van der Waals surface area contributed by atoms with Gasteiger partial charge in [-0.2, -0.15) is 0 Å². The lowest BCUT2D eigenvalue weighted by atomic mass is 10.1. The van der Waals surface area contributed by atoms with Gasteiger partial charge in [-0.3, -0.25) is 9.59 Å². The van der Waals surface area contributed by atoms with E-state index < -0.39 is 5.82 Å².